The van der Waals surface area contributed by atoms with Crippen LogP contribution in [0.4, 0.5) is 28.4 Å². The first kappa shape index (κ1) is 44.2. The second-order valence-electron chi connectivity index (χ2n) is 20.2. The van der Waals surface area contributed by atoms with E-state index in [1.54, 1.807) is 12.3 Å². The molecule has 3 aromatic carbocycles. The number of carbonyl (C=O) groups excluding carboxylic acids is 1. The highest BCUT2D eigenvalue weighted by molar-refractivity contribution is 7.90. The number of nitro benzene ring substituents is 1. The van der Waals surface area contributed by atoms with Crippen LogP contribution in [0.1, 0.15) is 73.0 Å². The van der Waals surface area contributed by atoms with Crippen molar-refractivity contribution in [1.29, 1.82) is 0 Å². The van der Waals surface area contributed by atoms with E-state index in [4.69, 9.17) is 23.9 Å². The fourth-order valence-electron chi connectivity index (χ4n) is 12.1. The maximum Gasteiger partial charge on any atom is 0.297 e. The van der Waals surface area contributed by atoms with Crippen LogP contribution in [0.5, 0.6) is 11.6 Å². The van der Waals surface area contributed by atoms with Crippen LogP contribution in [0.3, 0.4) is 0 Å². The van der Waals surface area contributed by atoms with E-state index in [-0.39, 0.29) is 41.1 Å². The molecule has 6 aliphatic heterocycles. The molecular formula is C50H57N9O9S. The Morgan fingerprint density at radius 2 is 1.81 bits per heavy atom. The van der Waals surface area contributed by atoms with Gasteiger partial charge in [0.1, 0.15) is 24.0 Å². The van der Waals surface area contributed by atoms with Gasteiger partial charge in [0.15, 0.2) is 11.4 Å². The molecule has 362 valence electrons. The van der Waals surface area contributed by atoms with Crippen molar-refractivity contribution in [3.8, 4) is 11.6 Å². The lowest BCUT2D eigenvalue weighted by molar-refractivity contribution is -0.384. The molecule has 4 atom stereocenters. The van der Waals surface area contributed by atoms with Gasteiger partial charge in [-0.2, -0.15) is 4.98 Å². The number of morpholine rings is 1. The molecule has 0 radical (unpaired) electrons. The number of amides is 1. The Bertz CT molecular complexity index is 2950. The molecule has 4 saturated heterocycles. The second kappa shape index (κ2) is 17.2. The van der Waals surface area contributed by atoms with E-state index in [0.29, 0.717) is 73.9 Å². The molecule has 1 spiro atoms. The maximum atomic E-state index is 14.7. The van der Waals surface area contributed by atoms with Gasteiger partial charge < -0.3 is 39.0 Å². The first-order valence-electron chi connectivity index (χ1n) is 24.2. The molecule has 12 rings (SSSR count). The molecule has 0 bridgehead atoms. The number of H-pyrrole nitrogens is 1. The van der Waals surface area contributed by atoms with Gasteiger partial charge in [-0.25, -0.2) is 13.1 Å². The number of carbonyl (C=O) groups is 1. The van der Waals surface area contributed by atoms with Crippen molar-refractivity contribution in [2.45, 2.75) is 80.6 Å². The van der Waals surface area contributed by atoms with Crippen LogP contribution < -0.4 is 29.3 Å². The van der Waals surface area contributed by atoms with Gasteiger partial charge in [0, 0.05) is 79.6 Å². The molecule has 1 amide bonds. The summed E-state index contributed by atoms with van der Waals surface area (Å²) in [5, 5.41) is 16.5. The minimum absolute atomic E-state index is 0.0165. The first-order chi connectivity index (χ1) is 33.4. The molecule has 1 saturated carbocycles. The Kier molecular flexibility index (Phi) is 11.0. The number of benzene rings is 3. The average Bonchev–Trinajstić information content (AvgIpc) is 4.11. The zero-order valence-electron chi connectivity index (χ0n) is 38.8. The number of aromatic nitrogens is 2. The number of hydrogen-bond donors (Lipinski definition) is 3. The van der Waals surface area contributed by atoms with Crippen molar-refractivity contribution in [2.24, 2.45) is 5.41 Å². The summed E-state index contributed by atoms with van der Waals surface area (Å²) in [5.41, 5.74) is 5.45. The average molecular weight is 960 g/mol. The van der Waals surface area contributed by atoms with Crippen LogP contribution in [0.25, 0.3) is 11.0 Å². The predicted molar refractivity (Wildman–Crippen MR) is 258 cm³/mol. The molecule has 19 heteroatoms. The minimum atomic E-state index is -4.68. The van der Waals surface area contributed by atoms with E-state index in [2.05, 4.69) is 67.8 Å². The Morgan fingerprint density at radius 3 is 2.62 bits per heavy atom. The third-order valence-corrected chi connectivity index (χ3v) is 16.8. The van der Waals surface area contributed by atoms with Gasteiger partial charge in [0.05, 0.1) is 59.6 Å². The molecule has 1 aliphatic carbocycles. The largest absolute Gasteiger partial charge is 0.489 e. The smallest absolute Gasteiger partial charge is 0.297 e. The molecular weight excluding hydrogens is 903 g/mol. The maximum absolute atomic E-state index is 14.7. The van der Waals surface area contributed by atoms with E-state index in [0.717, 1.165) is 62.7 Å². The van der Waals surface area contributed by atoms with Crippen molar-refractivity contribution in [3.63, 3.8) is 0 Å². The molecule has 5 aromatic rings. The highest BCUT2D eigenvalue weighted by Crippen LogP contribution is 2.55. The van der Waals surface area contributed by atoms with E-state index in [1.807, 2.05) is 29.2 Å². The van der Waals surface area contributed by atoms with Crippen molar-refractivity contribution < 1.29 is 37.1 Å². The van der Waals surface area contributed by atoms with Gasteiger partial charge in [-0.15, -0.1) is 0 Å². The number of aromatic amines is 1. The Labute approximate surface area is 400 Å². The van der Waals surface area contributed by atoms with Crippen LogP contribution in [-0.4, -0.2) is 136 Å². The van der Waals surface area contributed by atoms with Crippen molar-refractivity contribution >= 4 is 55.4 Å². The highest BCUT2D eigenvalue weighted by atomic mass is 32.2. The van der Waals surface area contributed by atoms with Gasteiger partial charge in [0.25, 0.3) is 21.6 Å². The minimum Gasteiger partial charge on any atom is -0.489 e. The van der Waals surface area contributed by atoms with Gasteiger partial charge >= 0.3 is 0 Å². The fraction of sp³-hybridized carbons (Fsp3) is 0.480. The van der Waals surface area contributed by atoms with Crippen LogP contribution in [0.15, 0.2) is 77.8 Å². The van der Waals surface area contributed by atoms with Crippen LogP contribution >= 0.6 is 0 Å². The molecule has 8 heterocycles. The zero-order valence-corrected chi connectivity index (χ0v) is 39.6. The highest BCUT2D eigenvalue weighted by Gasteiger charge is 2.55. The number of pyridine rings is 1. The summed E-state index contributed by atoms with van der Waals surface area (Å²) in [6.45, 7) is 11.4. The lowest BCUT2D eigenvalue weighted by atomic mass is 9.60. The predicted octanol–water partition coefficient (Wildman–Crippen LogP) is 6.32. The topological polar surface area (TPSA) is 197 Å². The second-order valence-corrected chi connectivity index (χ2v) is 21.9. The summed E-state index contributed by atoms with van der Waals surface area (Å²) < 4.78 is 54.7. The number of ether oxygens (including phenoxy) is 4. The summed E-state index contributed by atoms with van der Waals surface area (Å²) in [4.78, 5) is 43.3. The summed E-state index contributed by atoms with van der Waals surface area (Å²) >= 11 is 0. The summed E-state index contributed by atoms with van der Waals surface area (Å²) in [7, 11) is -4.68. The van der Waals surface area contributed by atoms with Gasteiger partial charge in [-0.1, -0.05) is 38.1 Å². The van der Waals surface area contributed by atoms with Crippen LogP contribution in [-0.2, 0) is 19.5 Å². The lowest BCUT2D eigenvalue weighted by Crippen LogP contribution is -2.66. The molecule has 69 heavy (non-hydrogen) atoms. The molecule has 2 aromatic heterocycles. The van der Waals surface area contributed by atoms with Crippen LogP contribution in [0.2, 0.25) is 0 Å². The van der Waals surface area contributed by atoms with Crippen LogP contribution in [0, 0.1) is 15.5 Å². The molecule has 0 unspecified atom stereocenters. The van der Waals surface area contributed by atoms with E-state index in [1.165, 1.54) is 30.0 Å². The number of rotatable bonds is 11. The number of likely N-dealkylation sites (tertiary alicyclic amines) is 1. The third-order valence-electron chi connectivity index (χ3n) is 15.5. The van der Waals surface area contributed by atoms with E-state index in [9.17, 15) is 23.3 Å². The number of sulfonamides is 1. The molecule has 7 aliphatic rings. The normalized spacial score (nSPS) is 24.4. The number of nitrogens with one attached hydrogen (secondary N) is 3. The summed E-state index contributed by atoms with van der Waals surface area (Å²) in [6.07, 6.45) is 6.03. The number of nitro groups is 1. The summed E-state index contributed by atoms with van der Waals surface area (Å²) in [5.74, 6) is -0.0503. The SMILES string of the molecule is CC(C)c1ccccc1[C@@H]1CCCN1C1CC2(C1)CN(c1ccc(C(=O)NS(=O)(=O)c3cc4c(c([N+](=O)[O-])c3)N[C@H](CN3CCOCC3)CO4)c(N3c4cc5cc[nH]c5nc4O[C@@H]4COC[C@H]43)c1)C2. The van der Waals surface area contributed by atoms with Crippen molar-refractivity contribution in [1.82, 2.24) is 24.5 Å². The number of hydrogen-bond acceptors (Lipinski definition) is 15. The van der Waals surface area contributed by atoms with Crippen molar-refractivity contribution in [2.75, 3.05) is 87.4 Å². The fourth-order valence-corrected chi connectivity index (χ4v) is 13.1. The molecule has 3 N–H and O–H groups in total. The van der Waals surface area contributed by atoms with E-state index >= 15 is 0 Å². The zero-order chi connectivity index (χ0) is 47.2. The number of nitrogens with zero attached hydrogens (tertiary/aromatic N) is 6. The Hall–Kier alpha value is -5.99. The number of fused-ring (bicyclic) bond motifs is 4. The van der Waals surface area contributed by atoms with Gasteiger partial charge in [0.2, 0.25) is 5.88 Å². The monoisotopic (exact) mass is 959 g/mol. The molecule has 18 nitrogen and oxygen atoms in total. The quantitative estimate of drug-likeness (QED) is 0.0982. The lowest BCUT2D eigenvalue weighted by Gasteiger charge is -2.62. The van der Waals surface area contributed by atoms with Crippen molar-refractivity contribution in [3.05, 3.63) is 99.7 Å². The van der Waals surface area contributed by atoms with E-state index < -0.39 is 37.5 Å². The standard InChI is InChI=1S/C50H57N9O9S/c1-30(2)36-6-3-4-7-37(36)39-8-5-13-57(39)34-22-50(23-34)28-56(29-50)33-9-10-38(40(19-33)58-42-18-31-11-12-51-47(31)53-49(42)68-45-27-66-26-43(45)58)48(60)54-69(63,64)35-20-41(59(61)62)46-44(21-35)67-25-32(52-46)24-55-14-16-65-17-15-55/h3-4,6-7,9-12,18-21,30,32,34,39,43,45,52H,5,8,13-17,22-29H2,1-2H3,(H,51,53)(H,54,60)/t32-,39+,43-,45-/m1/s1. The molecule has 5 fully saturated rings. The van der Waals surface area contributed by atoms with Gasteiger partial charge in [-0.05, 0) is 79.6 Å². The van der Waals surface area contributed by atoms with Gasteiger partial charge in [-0.3, -0.25) is 24.7 Å². The Balaban J connectivity index is 0.833. The summed E-state index contributed by atoms with van der Waals surface area (Å²) in [6, 6.07) is 20.9. The Morgan fingerprint density at radius 1 is 0.986 bits per heavy atom. The number of anilines is 4. The third kappa shape index (κ3) is 7.91. The first-order valence-corrected chi connectivity index (χ1v) is 25.7.